The molecule has 0 aromatic heterocycles. The molecular weight excluding hydrogens is 254 g/mol. The second-order valence-electron chi connectivity index (χ2n) is 5.99. The van der Waals surface area contributed by atoms with Crippen molar-refractivity contribution < 1.29 is 9.59 Å². The quantitative estimate of drug-likeness (QED) is 0.817. The van der Waals surface area contributed by atoms with Crippen molar-refractivity contribution in [3.8, 4) is 0 Å². The Morgan fingerprint density at radius 1 is 0.900 bits per heavy atom. The highest BCUT2D eigenvalue weighted by Crippen LogP contribution is 2.28. The topological polar surface area (TPSA) is 66.6 Å². The molecule has 20 heavy (non-hydrogen) atoms. The van der Waals surface area contributed by atoms with Crippen LogP contribution in [0, 0.1) is 5.92 Å². The van der Waals surface area contributed by atoms with Gasteiger partial charge in [0.2, 0.25) is 11.8 Å². The van der Waals surface area contributed by atoms with Gasteiger partial charge in [0.25, 0.3) is 0 Å². The smallest absolute Gasteiger partial charge is 0.223 e. The van der Waals surface area contributed by atoms with Crippen LogP contribution in [0.3, 0.4) is 0 Å². The van der Waals surface area contributed by atoms with Crippen LogP contribution in [0.4, 0.5) is 0 Å². The van der Waals surface area contributed by atoms with Gasteiger partial charge in [-0.2, -0.15) is 0 Å². The van der Waals surface area contributed by atoms with E-state index in [4.69, 9.17) is 5.73 Å². The molecule has 1 aliphatic carbocycles. The minimum absolute atomic E-state index is 0.116. The second kappa shape index (κ2) is 7.62. The van der Waals surface area contributed by atoms with Crippen molar-refractivity contribution in [1.29, 1.82) is 0 Å². The standard InChI is InChI=1S/C15H27N3O2/c16-8-7-15(20)18-11-9-17(10-12-18)14(19)6-5-13-3-1-2-4-13/h13H,1-12,16H2. The van der Waals surface area contributed by atoms with Gasteiger partial charge >= 0.3 is 0 Å². The molecule has 1 heterocycles. The Kier molecular flexibility index (Phi) is 5.83. The van der Waals surface area contributed by atoms with Crippen molar-refractivity contribution in [2.45, 2.75) is 44.9 Å². The first-order chi connectivity index (χ1) is 9.70. The molecule has 2 N–H and O–H groups in total. The number of hydrogen-bond donors (Lipinski definition) is 1. The molecule has 5 heteroatoms. The second-order valence-corrected chi connectivity index (χ2v) is 5.99. The van der Waals surface area contributed by atoms with E-state index < -0.39 is 0 Å². The Bertz CT molecular complexity index is 332. The minimum Gasteiger partial charge on any atom is -0.339 e. The Labute approximate surface area is 121 Å². The lowest BCUT2D eigenvalue weighted by Gasteiger charge is -2.35. The van der Waals surface area contributed by atoms with Gasteiger partial charge in [0, 0.05) is 45.6 Å². The molecule has 0 atom stereocenters. The maximum Gasteiger partial charge on any atom is 0.223 e. The van der Waals surface area contributed by atoms with Crippen molar-refractivity contribution in [3.63, 3.8) is 0 Å². The van der Waals surface area contributed by atoms with Gasteiger partial charge in [0.05, 0.1) is 0 Å². The van der Waals surface area contributed by atoms with E-state index in [9.17, 15) is 9.59 Å². The molecule has 5 nitrogen and oxygen atoms in total. The minimum atomic E-state index is 0.116. The summed E-state index contributed by atoms with van der Waals surface area (Å²) >= 11 is 0. The molecule has 0 unspecified atom stereocenters. The third-order valence-corrected chi connectivity index (χ3v) is 4.58. The van der Waals surface area contributed by atoms with E-state index in [0.717, 1.165) is 12.3 Å². The Morgan fingerprint density at radius 3 is 1.90 bits per heavy atom. The fraction of sp³-hybridized carbons (Fsp3) is 0.867. The molecule has 0 bridgehead atoms. The summed E-state index contributed by atoms with van der Waals surface area (Å²) in [6.07, 6.45) is 7.41. The summed E-state index contributed by atoms with van der Waals surface area (Å²) in [6, 6.07) is 0. The largest absolute Gasteiger partial charge is 0.339 e. The number of carbonyl (C=O) groups is 2. The predicted molar refractivity (Wildman–Crippen MR) is 78.0 cm³/mol. The van der Waals surface area contributed by atoms with E-state index in [-0.39, 0.29) is 11.8 Å². The van der Waals surface area contributed by atoms with Crippen LogP contribution in [-0.4, -0.2) is 54.3 Å². The van der Waals surface area contributed by atoms with Crippen LogP contribution in [0.15, 0.2) is 0 Å². The van der Waals surface area contributed by atoms with Crippen LogP contribution in [0.1, 0.15) is 44.9 Å². The van der Waals surface area contributed by atoms with Gasteiger partial charge in [-0.3, -0.25) is 9.59 Å². The van der Waals surface area contributed by atoms with Gasteiger partial charge in [-0.1, -0.05) is 25.7 Å². The lowest BCUT2D eigenvalue weighted by Crippen LogP contribution is -2.50. The van der Waals surface area contributed by atoms with Crippen LogP contribution in [0.25, 0.3) is 0 Å². The van der Waals surface area contributed by atoms with E-state index in [0.29, 0.717) is 45.6 Å². The fourth-order valence-corrected chi connectivity index (χ4v) is 3.27. The Balaban J connectivity index is 1.67. The number of hydrogen-bond acceptors (Lipinski definition) is 3. The Morgan fingerprint density at radius 2 is 1.40 bits per heavy atom. The van der Waals surface area contributed by atoms with Crippen molar-refractivity contribution in [3.05, 3.63) is 0 Å². The zero-order chi connectivity index (χ0) is 14.4. The van der Waals surface area contributed by atoms with Crippen molar-refractivity contribution in [2.24, 2.45) is 11.7 Å². The lowest BCUT2D eigenvalue weighted by atomic mass is 10.0. The third kappa shape index (κ3) is 4.20. The SMILES string of the molecule is NCCC(=O)N1CCN(C(=O)CCC2CCCC2)CC1. The average Bonchev–Trinajstić information content (AvgIpc) is 2.98. The van der Waals surface area contributed by atoms with Crippen molar-refractivity contribution in [1.82, 2.24) is 9.80 Å². The number of carbonyl (C=O) groups excluding carboxylic acids is 2. The summed E-state index contributed by atoms with van der Waals surface area (Å²) in [5.74, 6) is 1.15. The van der Waals surface area contributed by atoms with Crippen LogP contribution >= 0.6 is 0 Å². The molecule has 2 rings (SSSR count). The summed E-state index contributed by atoms with van der Waals surface area (Å²) in [5, 5.41) is 0. The highest BCUT2D eigenvalue weighted by atomic mass is 16.2. The molecule has 114 valence electrons. The number of nitrogens with zero attached hydrogens (tertiary/aromatic N) is 2. The van der Waals surface area contributed by atoms with Gasteiger partial charge in [0.1, 0.15) is 0 Å². The molecular formula is C15H27N3O2. The highest BCUT2D eigenvalue weighted by molar-refractivity contribution is 5.78. The maximum atomic E-state index is 12.2. The normalized spacial score (nSPS) is 20.4. The first-order valence-electron chi connectivity index (χ1n) is 7.96. The van der Waals surface area contributed by atoms with Gasteiger partial charge < -0.3 is 15.5 Å². The van der Waals surface area contributed by atoms with E-state index in [1.54, 1.807) is 0 Å². The first-order valence-corrected chi connectivity index (χ1v) is 7.96. The summed E-state index contributed by atoms with van der Waals surface area (Å²) in [4.78, 5) is 27.6. The molecule has 0 aromatic carbocycles. The lowest BCUT2D eigenvalue weighted by molar-refractivity contribution is -0.139. The molecule has 0 radical (unpaired) electrons. The number of piperazine rings is 1. The first kappa shape index (κ1) is 15.3. The summed E-state index contributed by atoms with van der Waals surface area (Å²) in [6.45, 7) is 3.08. The van der Waals surface area contributed by atoms with Crippen LogP contribution in [0.2, 0.25) is 0 Å². The predicted octanol–water partition coefficient (Wildman–Crippen LogP) is 0.976. The molecule has 2 aliphatic rings. The van der Waals surface area contributed by atoms with E-state index >= 15 is 0 Å². The van der Waals surface area contributed by atoms with Crippen LogP contribution in [0.5, 0.6) is 0 Å². The maximum absolute atomic E-state index is 12.2. The molecule has 2 amide bonds. The van der Waals surface area contributed by atoms with Gasteiger partial charge in [0.15, 0.2) is 0 Å². The molecule has 0 aromatic rings. The Hall–Kier alpha value is -1.10. The van der Waals surface area contributed by atoms with Crippen molar-refractivity contribution in [2.75, 3.05) is 32.7 Å². The number of amides is 2. The summed E-state index contributed by atoms with van der Waals surface area (Å²) in [7, 11) is 0. The monoisotopic (exact) mass is 281 g/mol. The number of nitrogens with two attached hydrogens (primary N) is 1. The zero-order valence-corrected chi connectivity index (χ0v) is 12.4. The van der Waals surface area contributed by atoms with Gasteiger partial charge in [-0.15, -0.1) is 0 Å². The molecule has 0 spiro atoms. The fourth-order valence-electron chi connectivity index (χ4n) is 3.27. The third-order valence-electron chi connectivity index (χ3n) is 4.58. The van der Waals surface area contributed by atoms with E-state index in [1.807, 2.05) is 9.80 Å². The summed E-state index contributed by atoms with van der Waals surface area (Å²) in [5.41, 5.74) is 5.40. The van der Waals surface area contributed by atoms with Crippen LogP contribution < -0.4 is 5.73 Å². The molecule has 1 saturated carbocycles. The van der Waals surface area contributed by atoms with Crippen LogP contribution in [-0.2, 0) is 9.59 Å². The average molecular weight is 281 g/mol. The van der Waals surface area contributed by atoms with Gasteiger partial charge in [-0.25, -0.2) is 0 Å². The zero-order valence-electron chi connectivity index (χ0n) is 12.4. The number of rotatable bonds is 5. The molecule has 2 fully saturated rings. The molecule has 1 aliphatic heterocycles. The highest BCUT2D eigenvalue weighted by Gasteiger charge is 2.24. The molecule has 1 saturated heterocycles. The van der Waals surface area contributed by atoms with E-state index in [1.165, 1.54) is 25.7 Å². The van der Waals surface area contributed by atoms with E-state index in [2.05, 4.69) is 0 Å². The van der Waals surface area contributed by atoms with Gasteiger partial charge in [-0.05, 0) is 12.3 Å². The van der Waals surface area contributed by atoms with Crippen molar-refractivity contribution >= 4 is 11.8 Å². The summed E-state index contributed by atoms with van der Waals surface area (Å²) < 4.78 is 0.